The van der Waals surface area contributed by atoms with E-state index in [1.165, 1.54) is 12.1 Å². The highest BCUT2D eigenvalue weighted by molar-refractivity contribution is 5.26. The van der Waals surface area contributed by atoms with Gasteiger partial charge in [-0.2, -0.15) is 0 Å². The molecule has 0 fully saturated rings. The van der Waals surface area contributed by atoms with Crippen LogP contribution in [0.2, 0.25) is 0 Å². The molecule has 0 unspecified atom stereocenters. The molecule has 1 aromatic rings. The summed E-state index contributed by atoms with van der Waals surface area (Å²) >= 11 is 0. The lowest BCUT2D eigenvalue weighted by Crippen LogP contribution is -1.77. The van der Waals surface area contributed by atoms with Gasteiger partial charge in [0.1, 0.15) is 5.82 Å². The lowest BCUT2D eigenvalue weighted by atomic mass is 10.2. The topological polar surface area (TPSA) is 19.9 Å². The van der Waals surface area contributed by atoms with Gasteiger partial charge in [0.25, 0.3) is 0 Å². The molecule has 0 bridgehead atoms. The molecule has 0 aliphatic rings. The Morgan fingerprint density at radius 2 is 2.11 bits per heavy atom. The number of hydrogen-bond donors (Lipinski definition) is 0. The summed E-state index contributed by atoms with van der Waals surface area (Å²) in [4.78, 5) is 0. The summed E-state index contributed by atoms with van der Waals surface area (Å²) in [7, 11) is 0. The molecule has 2 heteroatoms. The smallest absolute Gasteiger partial charge is 0.181 e. The maximum atomic E-state index is 12.4. The van der Waals surface area contributed by atoms with E-state index in [1.807, 2.05) is 0 Å². The summed E-state index contributed by atoms with van der Waals surface area (Å²) in [6, 6.07) is 3.80. The third-order valence-corrected chi connectivity index (χ3v) is 1.14. The molecule has 0 saturated carbocycles. The zero-order valence-corrected chi connectivity index (χ0v) is 5.02. The van der Waals surface area contributed by atoms with Gasteiger partial charge in [0, 0.05) is 6.07 Å². The summed E-state index contributed by atoms with van der Waals surface area (Å²) < 4.78 is 12.4. The first-order valence-corrected chi connectivity index (χ1v) is 2.63. The maximum absolute atomic E-state index is 12.4. The third kappa shape index (κ3) is 1.19. The molecule has 0 heterocycles. The van der Waals surface area contributed by atoms with Crippen molar-refractivity contribution in [3.05, 3.63) is 29.6 Å². The highest BCUT2D eigenvalue weighted by Gasteiger charge is 1.96. The van der Waals surface area contributed by atoms with Crippen LogP contribution in [0.3, 0.4) is 0 Å². The van der Waals surface area contributed by atoms with Crippen LogP contribution in [0.25, 0.3) is 0 Å². The van der Waals surface area contributed by atoms with Gasteiger partial charge in [-0.25, -0.2) is 4.39 Å². The Bertz CT molecular complexity index is 220. The van der Waals surface area contributed by atoms with E-state index < -0.39 is 5.82 Å². The van der Waals surface area contributed by atoms with Crippen LogP contribution in [0.1, 0.15) is 5.56 Å². The Morgan fingerprint density at radius 3 is 2.56 bits per heavy atom. The molecule has 0 aliphatic heterocycles. The van der Waals surface area contributed by atoms with Crippen LogP contribution < -0.4 is 0 Å². The number of hydrogen-bond acceptors (Lipinski definition) is 0. The van der Waals surface area contributed by atoms with Gasteiger partial charge >= 0.3 is 0 Å². The summed E-state index contributed by atoms with van der Waals surface area (Å²) in [6.07, 6.45) is 0. The second kappa shape index (κ2) is 2.05. The van der Waals surface area contributed by atoms with Crippen molar-refractivity contribution in [2.24, 2.45) is 0 Å². The minimum Gasteiger partial charge on any atom is -0.290 e. The summed E-state index contributed by atoms with van der Waals surface area (Å²) in [5.74, 6) is -0.708. The first kappa shape index (κ1) is 6.08. The van der Waals surface area contributed by atoms with E-state index in [0.717, 1.165) is 6.07 Å². The lowest BCUT2D eigenvalue weighted by Gasteiger charge is -1.91. The average molecular weight is 125 g/mol. The maximum Gasteiger partial charge on any atom is 0.181 e. The molecule has 0 atom stereocenters. The summed E-state index contributed by atoms with van der Waals surface area (Å²) in [5, 5.41) is 10.4. The van der Waals surface area contributed by atoms with E-state index in [2.05, 4.69) is 0 Å². The summed E-state index contributed by atoms with van der Waals surface area (Å²) in [6.45, 7) is 1.62. The monoisotopic (exact) mass is 125 g/mol. The molecule has 0 spiro atoms. The van der Waals surface area contributed by atoms with Gasteiger partial charge in [0.05, 0.1) is 0 Å². The van der Waals surface area contributed by atoms with Crippen molar-refractivity contribution < 1.29 is 9.50 Å². The fraction of sp³-hybridized carbons (Fsp3) is 0.143. The first-order chi connectivity index (χ1) is 4.20. The Balaban J connectivity index is 3.17. The van der Waals surface area contributed by atoms with Gasteiger partial charge in [0.2, 0.25) is 0 Å². The fourth-order valence-electron chi connectivity index (χ4n) is 0.574. The molecular formula is C7H6FO. The molecule has 1 radical (unpaired) electrons. The molecule has 0 N–H and O–H groups in total. The van der Waals surface area contributed by atoms with Crippen molar-refractivity contribution in [2.45, 2.75) is 6.92 Å². The van der Waals surface area contributed by atoms with Gasteiger partial charge in [-0.3, -0.25) is 5.11 Å². The molecule has 0 aliphatic carbocycles. The van der Waals surface area contributed by atoms with Crippen LogP contribution in [0.4, 0.5) is 4.39 Å². The minimum absolute atomic E-state index is 0.280. The highest BCUT2D eigenvalue weighted by atomic mass is 19.1. The second-order valence-electron chi connectivity index (χ2n) is 1.91. The zero-order valence-electron chi connectivity index (χ0n) is 5.02. The number of benzene rings is 1. The number of aryl methyl sites for hydroxylation is 1. The first-order valence-electron chi connectivity index (χ1n) is 2.63. The molecule has 1 rings (SSSR count). The normalized spacial score (nSPS) is 9.56. The molecule has 9 heavy (non-hydrogen) atoms. The molecule has 1 nitrogen and oxygen atoms in total. The number of rotatable bonds is 0. The van der Waals surface area contributed by atoms with Crippen molar-refractivity contribution in [3.8, 4) is 5.75 Å². The number of halogens is 1. The van der Waals surface area contributed by atoms with Gasteiger partial charge < -0.3 is 0 Å². The molecule has 0 aromatic heterocycles. The van der Waals surface area contributed by atoms with E-state index >= 15 is 0 Å². The average Bonchev–Trinajstić information content (AvgIpc) is 1.80. The molecule has 47 valence electrons. The second-order valence-corrected chi connectivity index (χ2v) is 1.91. The largest absolute Gasteiger partial charge is 0.290 e. The van der Waals surface area contributed by atoms with Crippen molar-refractivity contribution in [3.63, 3.8) is 0 Å². The van der Waals surface area contributed by atoms with Crippen molar-refractivity contribution in [2.75, 3.05) is 0 Å². The van der Waals surface area contributed by atoms with Crippen molar-refractivity contribution in [1.82, 2.24) is 0 Å². The highest BCUT2D eigenvalue weighted by Crippen LogP contribution is 2.13. The minimum atomic E-state index is -0.428. The van der Waals surface area contributed by atoms with E-state index in [0.29, 0.717) is 5.56 Å². The van der Waals surface area contributed by atoms with Gasteiger partial charge in [-0.15, -0.1) is 0 Å². The van der Waals surface area contributed by atoms with Gasteiger partial charge in [-0.1, -0.05) is 6.07 Å². The van der Waals surface area contributed by atoms with Crippen LogP contribution in [0, 0.1) is 12.7 Å². The van der Waals surface area contributed by atoms with Crippen LogP contribution in [0.5, 0.6) is 5.75 Å². The van der Waals surface area contributed by atoms with Crippen LogP contribution in [0.15, 0.2) is 18.2 Å². The molecule has 0 saturated heterocycles. The van der Waals surface area contributed by atoms with Gasteiger partial charge in [-0.05, 0) is 18.6 Å². The summed E-state index contributed by atoms with van der Waals surface area (Å²) in [5.41, 5.74) is 0.509. The van der Waals surface area contributed by atoms with Crippen molar-refractivity contribution in [1.29, 1.82) is 0 Å². The SMILES string of the molecule is Cc1ccc([O])cc1F. The van der Waals surface area contributed by atoms with E-state index in [9.17, 15) is 9.50 Å². The Kier molecular flexibility index (Phi) is 1.39. The quantitative estimate of drug-likeness (QED) is 0.507. The fourth-order valence-corrected chi connectivity index (χ4v) is 0.574. The predicted octanol–water partition coefficient (Wildman–Crippen LogP) is 2.28. The van der Waals surface area contributed by atoms with Crippen LogP contribution in [-0.2, 0) is 5.11 Å². The predicted molar refractivity (Wildman–Crippen MR) is 31.3 cm³/mol. The zero-order chi connectivity index (χ0) is 6.85. The van der Waals surface area contributed by atoms with E-state index in [4.69, 9.17) is 0 Å². The van der Waals surface area contributed by atoms with Crippen molar-refractivity contribution >= 4 is 0 Å². The Labute approximate surface area is 52.8 Å². The molecular weight excluding hydrogens is 119 g/mol. The Morgan fingerprint density at radius 1 is 1.44 bits per heavy atom. The van der Waals surface area contributed by atoms with E-state index in [1.54, 1.807) is 6.92 Å². The molecule has 0 amide bonds. The van der Waals surface area contributed by atoms with E-state index in [-0.39, 0.29) is 5.75 Å². The third-order valence-electron chi connectivity index (χ3n) is 1.14. The molecule has 1 aromatic carbocycles. The Hall–Kier alpha value is -1.05. The lowest BCUT2D eigenvalue weighted by molar-refractivity contribution is 0.352. The standard InChI is InChI=1S/C7H6FO/c1-5-2-3-6(9)4-7(5)8/h2-4H,1H3. The van der Waals surface area contributed by atoms with Crippen LogP contribution in [-0.4, -0.2) is 0 Å². The van der Waals surface area contributed by atoms with Crippen LogP contribution >= 0.6 is 0 Å². The van der Waals surface area contributed by atoms with Gasteiger partial charge in [0.15, 0.2) is 5.75 Å².